The van der Waals surface area contributed by atoms with Crippen molar-refractivity contribution in [2.75, 3.05) is 0 Å². The molecule has 2 atom stereocenters. The number of carbonyl (C=O) groups is 2. The van der Waals surface area contributed by atoms with Crippen molar-refractivity contribution in [1.29, 1.82) is 0 Å². The van der Waals surface area contributed by atoms with Gasteiger partial charge in [-0.2, -0.15) is 0 Å². The van der Waals surface area contributed by atoms with Gasteiger partial charge in [-0.1, -0.05) is 52.7 Å². The quantitative estimate of drug-likeness (QED) is 0.346. The van der Waals surface area contributed by atoms with E-state index in [9.17, 15) is 9.59 Å². The number of carbonyl (C=O) groups excluding carboxylic acids is 2. The SMILES string of the molecule is C=COC(=O)C(CC(CC)CCCC)OC(=O)C=C. The van der Waals surface area contributed by atoms with Crippen molar-refractivity contribution in [2.24, 2.45) is 5.92 Å². The standard InChI is InChI=1S/C15H24O4/c1-5-9-10-12(6-2)11-13(15(17)18-8-4)19-14(16)7-3/h7-8,12-13H,3-6,9-11H2,1-2H3. The van der Waals surface area contributed by atoms with Gasteiger partial charge in [0.1, 0.15) is 0 Å². The van der Waals surface area contributed by atoms with E-state index in [2.05, 4.69) is 27.0 Å². The molecule has 0 amide bonds. The number of unbranched alkanes of at least 4 members (excludes halogenated alkanes) is 1. The normalized spacial score (nSPS) is 13.2. The monoisotopic (exact) mass is 268 g/mol. The summed E-state index contributed by atoms with van der Waals surface area (Å²) in [6.45, 7) is 10.8. The zero-order valence-corrected chi connectivity index (χ0v) is 11.9. The lowest BCUT2D eigenvalue weighted by atomic mass is 9.93. The summed E-state index contributed by atoms with van der Waals surface area (Å²) in [7, 11) is 0. The summed E-state index contributed by atoms with van der Waals surface area (Å²) < 4.78 is 9.76. The highest BCUT2D eigenvalue weighted by molar-refractivity contribution is 5.85. The molecule has 0 bridgehead atoms. The molecule has 0 radical (unpaired) electrons. The molecule has 0 fully saturated rings. The van der Waals surface area contributed by atoms with Crippen molar-refractivity contribution in [3.8, 4) is 0 Å². The first-order valence-corrected chi connectivity index (χ1v) is 6.73. The van der Waals surface area contributed by atoms with Crippen molar-refractivity contribution < 1.29 is 19.1 Å². The Labute approximate surface area is 115 Å². The van der Waals surface area contributed by atoms with Crippen LogP contribution in [0.3, 0.4) is 0 Å². The Hall–Kier alpha value is -1.58. The number of esters is 2. The van der Waals surface area contributed by atoms with Gasteiger partial charge in [-0.25, -0.2) is 9.59 Å². The molecule has 0 spiro atoms. The molecule has 4 heteroatoms. The lowest BCUT2D eigenvalue weighted by molar-refractivity contribution is -0.162. The maximum absolute atomic E-state index is 11.7. The fourth-order valence-corrected chi connectivity index (χ4v) is 1.82. The van der Waals surface area contributed by atoms with Crippen LogP contribution in [0.25, 0.3) is 0 Å². The molecule has 4 nitrogen and oxygen atoms in total. The van der Waals surface area contributed by atoms with Crippen LogP contribution in [0.4, 0.5) is 0 Å². The van der Waals surface area contributed by atoms with Crippen LogP contribution in [0.2, 0.25) is 0 Å². The molecular formula is C15H24O4. The van der Waals surface area contributed by atoms with Gasteiger partial charge in [0.2, 0.25) is 0 Å². The van der Waals surface area contributed by atoms with E-state index < -0.39 is 18.0 Å². The summed E-state index contributed by atoms with van der Waals surface area (Å²) in [5.74, 6) is -0.864. The Balaban J connectivity index is 4.61. The fraction of sp³-hybridized carbons (Fsp3) is 0.600. The highest BCUT2D eigenvalue weighted by Gasteiger charge is 2.26. The second-order valence-electron chi connectivity index (χ2n) is 4.39. The average Bonchev–Trinajstić information content (AvgIpc) is 2.42. The average molecular weight is 268 g/mol. The van der Waals surface area contributed by atoms with Crippen LogP contribution < -0.4 is 0 Å². The smallest absolute Gasteiger partial charge is 0.352 e. The van der Waals surface area contributed by atoms with Crippen LogP contribution >= 0.6 is 0 Å². The van der Waals surface area contributed by atoms with Crippen molar-refractivity contribution >= 4 is 11.9 Å². The third kappa shape index (κ3) is 7.44. The van der Waals surface area contributed by atoms with Crippen LogP contribution in [-0.2, 0) is 19.1 Å². The summed E-state index contributed by atoms with van der Waals surface area (Å²) in [6, 6.07) is 0. The summed E-state index contributed by atoms with van der Waals surface area (Å²) in [5, 5.41) is 0. The fourth-order valence-electron chi connectivity index (χ4n) is 1.82. The van der Waals surface area contributed by atoms with Gasteiger partial charge in [0.15, 0.2) is 6.10 Å². The molecule has 0 aromatic rings. The van der Waals surface area contributed by atoms with E-state index in [4.69, 9.17) is 9.47 Å². The Kier molecular flexibility index (Phi) is 9.49. The Morgan fingerprint density at radius 1 is 1.26 bits per heavy atom. The minimum Gasteiger partial charge on any atom is -0.447 e. The first-order chi connectivity index (χ1) is 9.08. The molecule has 108 valence electrons. The molecule has 0 aliphatic rings. The van der Waals surface area contributed by atoms with Crippen LogP contribution in [0.1, 0.15) is 46.0 Å². The van der Waals surface area contributed by atoms with Crippen LogP contribution in [0, 0.1) is 5.92 Å². The minimum atomic E-state index is -0.884. The largest absolute Gasteiger partial charge is 0.447 e. The third-order valence-corrected chi connectivity index (χ3v) is 2.98. The molecule has 0 heterocycles. The van der Waals surface area contributed by atoms with E-state index in [1.165, 1.54) is 0 Å². The summed E-state index contributed by atoms with van der Waals surface area (Å²) >= 11 is 0. The Bertz CT molecular complexity index is 309. The van der Waals surface area contributed by atoms with Crippen LogP contribution in [0.5, 0.6) is 0 Å². The van der Waals surface area contributed by atoms with Gasteiger partial charge in [0, 0.05) is 6.08 Å². The summed E-state index contributed by atoms with van der Waals surface area (Å²) in [6.07, 6.45) is 5.82. The van der Waals surface area contributed by atoms with E-state index in [-0.39, 0.29) is 0 Å². The molecule has 0 saturated carbocycles. The summed E-state index contributed by atoms with van der Waals surface area (Å²) in [5.41, 5.74) is 0. The molecule has 0 aliphatic heterocycles. The molecule has 0 aliphatic carbocycles. The van der Waals surface area contributed by atoms with E-state index in [1.54, 1.807) is 0 Å². The van der Waals surface area contributed by atoms with Crippen LogP contribution in [-0.4, -0.2) is 18.0 Å². The molecule has 0 rings (SSSR count). The number of hydrogen-bond acceptors (Lipinski definition) is 4. The first-order valence-electron chi connectivity index (χ1n) is 6.73. The lowest BCUT2D eigenvalue weighted by Gasteiger charge is -2.20. The number of ether oxygens (including phenoxy) is 2. The first kappa shape index (κ1) is 17.4. The number of rotatable bonds is 10. The van der Waals surface area contributed by atoms with E-state index >= 15 is 0 Å². The van der Waals surface area contributed by atoms with E-state index in [1.807, 2.05) is 0 Å². The van der Waals surface area contributed by atoms with Gasteiger partial charge < -0.3 is 9.47 Å². The van der Waals surface area contributed by atoms with E-state index in [0.717, 1.165) is 38.0 Å². The van der Waals surface area contributed by atoms with Crippen molar-refractivity contribution in [2.45, 2.75) is 52.1 Å². The predicted molar refractivity (Wildman–Crippen MR) is 74.3 cm³/mol. The highest BCUT2D eigenvalue weighted by Crippen LogP contribution is 2.21. The van der Waals surface area contributed by atoms with Gasteiger partial charge in [-0.3, -0.25) is 0 Å². The van der Waals surface area contributed by atoms with E-state index in [0.29, 0.717) is 12.3 Å². The molecule has 0 N–H and O–H groups in total. The van der Waals surface area contributed by atoms with Crippen molar-refractivity contribution in [3.05, 3.63) is 25.5 Å². The van der Waals surface area contributed by atoms with Gasteiger partial charge >= 0.3 is 11.9 Å². The molecule has 0 saturated heterocycles. The topological polar surface area (TPSA) is 52.6 Å². The third-order valence-electron chi connectivity index (χ3n) is 2.98. The second-order valence-corrected chi connectivity index (χ2v) is 4.39. The zero-order valence-electron chi connectivity index (χ0n) is 11.9. The molecule has 0 aromatic heterocycles. The van der Waals surface area contributed by atoms with Gasteiger partial charge in [-0.15, -0.1) is 0 Å². The second kappa shape index (κ2) is 10.4. The predicted octanol–water partition coefficient (Wildman–Crippen LogP) is 3.38. The maximum atomic E-state index is 11.7. The highest BCUT2D eigenvalue weighted by atomic mass is 16.6. The zero-order chi connectivity index (χ0) is 14.7. The Morgan fingerprint density at radius 2 is 1.95 bits per heavy atom. The van der Waals surface area contributed by atoms with Crippen molar-refractivity contribution in [1.82, 2.24) is 0 Å². The lowest BCUT2D eigenvalue weighted by Crippen LogP contribution is -2.30. The molecule has 2 unspecified atom stereocenters. The molecular weight excluding hydrogens is 244 g/mol. The number of hydrogen-bond donors (Lipinski definition) is 0. The Morgan fingerprint density at radius 3 is 2.42 bits per heavy atom. The van der Waals surface area contributed by atoms with Gasteiger partial charge in [0.05, 0.1) is 6.26 Å². The molecule has 19 heavy (non-hydrogen) atoms. The summed E-state index contributed by atoms with van der Waals surface area (Å²) in [4.78, 5) is 23.0. The minimum absolute atomic E-state index is 0.333. The van der Waals surface area contributed by atoms with Crippen LogP contribution in [0.15, 0.2) is 25.5 Å². The van der Waals surface area contributed by atoms with Gasteiger partial charge in [0.25, 0.3) is 0 Å². The van der Waals surface area contributed by atoms with Crippen molar-refractivity contribution in [3.63, 3.8) is 0 Å². The molecule has 0 aromatic carbocycles. The maximum Gasteiger partial charge on any atom is 0.352 e. The van der Waals surface area contributed by atoms with Gasteiger partial charge in [-0.05, 0) is 12.3 Å².